The standard InChI is InChI=1S/C13H27N2O3Si.ClH/c1-5-16-19(17-6-2,18-7-3)12-8-9-15-11-10-14(4)13-15;/h10-11,13H,5-9,12H2,1-4H3;1H/q+1;/p-1. The molecule has 0 aliphatic rings. The van der Waals surface area contributed by atoms with Gasteiger partial charge in [-0.15, -0.1) is 0 Å². The second-order valence-corrected chi connectivity index (χ2v) is 7.13. The lowest BCUT2D eigenvalue weighted by Crippen LogP contribution is -3.00. The van der Waals surface area contributed by atoms with Crippen LogP contribution in [-0.2, 0) is 26.9 Å². The summed E-state index contributed by atoms with van der Waals surface area (Å²) in [5.41, 5.74) is 0. The Morgan fingerprint density at radius 1 is 1.05 bits per heavy atom. The number of aromatic nitrogens is 2. The molecule has 0 saturated carbocycles. The zero-order valence-electron chi connectivity index (χ0n) is 13.0. The third-order valence-corrected chi connectivity index (χ3v) is 5.97. The average molecular weight is 323 g/mol. The number of hydrogen-bond acceptors (Lipinski definition) is 3. The molecule has 1 aromatic rings. The van der Waals surface area contributed by atoms with Gasteiger partial charge in [-0.2, -0.15) is 0 Å². The Kier molecular flexibility index (Phi) is 10.1. The first-order valence-electron chi connectivity index (χ1n) is 7.08. The summed E-state index contributed by atoms with van der Waals surface area (Å²) in [5, 5.41) is 0. The molecule has 0 aliphatic carbocycles. The van der Waals surface area contributed by atoms with Gasteiger partial charge in [-0.05, 0) is 27.2 Å². The van der Waals surface area contributed by atoms with Crippen LogP contribution in [-0.4, -0.2) is 33.2 Å². The van der Waals surface area contributed by atoms with E-state index in [-0.39, 0.29) is 12.4 Å². The molecule has 0 atom stereocenters. The van der Waals surface area contributed by atoms with E-state index in [1.54, 1.807) is 0 Å². The quantitative estimate of drug-likeness (QED) is 0.399. The van der Waals surface area contributed by atoms with Crippen LogP contribution < -0.4 is 17.0 Å². The van der Waals surface area contributed by atoms with Crippen molar-refractivity contribution in [2.24, 2.45) is 7.05 Å². The van der Waals surface area contributed by atoms with Crippen molar-refractivity contribution in [2.75, 3.05) is 19.8 Å². The van der Waals surface area contributed by atoms with Gasteiger partial charge in [0, 0.05) is 25.9 Å². The highest BCUT2D eigenvalue weighted by molar-refractivity contribution is 6.60. The molecule has 0 saturated heterocycles. The maximum atomic E-state index is 5.83. The Morgan fingerprint density at radius 2 is 1.60 bits per heavy atom. The topological polar surface area (TPSA) is 36.5 Å². The van der Waals surface area contributed by atoms with Crippen molar-refractivity contribution in [3.8, 4) is 0 Å². The minimum atomic E-state index is -2.46. The summed E-state index contributed by atoms with van der Waals surface area (Å²) in [5.74, 6) is 0. The van der Waals surface area contributed by atoms with E-state index in [4.69, 9.17) is 13.3 Å². The molecule has 0 aliphatic heterocycles. The fraction of sp³-hybridized carbons (Fsp3) is 0.769. The number of rotatable bonds is 10. The van der Waals surface area contributed by atoms with Crippen LogP contribution in [0.15, 0.2) is 18.7 Å². The molecule has 0 N–H and O–H groups in total. The van der Waals surface area contributed by atoms with Crippen LogP contribution in [0.25, 0.3) is 0 Å². The van der Waals surface area contributed by atoms with E-state index in [0.29, 0.717) is 19.8 Å². The molecular formula is C13H27ClN2O3Si. The molecule has 0 radical (unpaired) electrons. The first-order chi connectivity index (χ1) is 9.15. The van der Waals surface area contributed by atoms with Crippen LogP contribution in [0.2, 0.25) is 6.04 Å². The number of halogens is 1. The highest BCUT2D eigenvalue weighted by Crippen LogP contribution is 2.18. The molecule has 5 nitrogen and oxygen atoms in total. The van der Waals surface area contributed by atoms with Crippen LogP contribution in [0.4, 0.5) is 0 Å². The summed E-state index contributed by atoms with van der Waals surface area (Å²) in [6, 6.07) is 0.865. The van der Waals surface area contributed by atoms with Gasteiger partial charge >= 0.3 is 8.80 Å². The van der Waals surface area contributed by atoms with E-state index in [2.05, 4.69) is 17.1 Å². The number of imidazole rings is 1. The van der Waals surface area contributed by atoms with Crippen molar-refractivity contribution >= 4 is 8.80 Å². The minimum Gasteiger partial charge on any atom is -1.00 e. The highest BCUT2D eigenvalue weighted by atomic mass is 35.5. The average Bonchev–Trinajstić information content (AvgIpc) is 2.76. The van der Waals surface area contributed by atoms with Crippen LogP contribution >= 0.6 is 0 Å². The first kappa shape index (κ1) is 19.6. The van der Waals surface area contributed by atoms with E-state index in [9.17, 15) is 0 Å². The summed E-state index contributed by atoms with van der Waals surface area (Å²) < 4.78 is 21.7. The summed E-state index contributed by atoms with van der Waals surface area (Å²) >= 11 is 0. The highest BCUT2D eigenvalue weighted by Gasteiger charge is 2.39. The van der Waals surface area contributed by atoms with Gasteiger partial charge in [-0.1, -0.05) is 0 Å². The van der Waals surface area contributed by atoms with Gasteiger partial charge in [-0.3, -0.25) is 0 Å². The lowest BCUT2D eigenvalue weighted by molar-refractivity contribution is -0.696. The molecule has 7 heteroatoms. The number of hydrogen-bond donors (Lipinski definition) is 0. The molecule has 1 heterocycles. The smallest absolute Gasteiger partial charge is 0.501 e. The van der Waals surface area contributed by atoms with E-state index in [0.717, 1.165) is 19.0 Å². The van der Waals surface area contributed by atoms with Gasteiger partial charge < -0.3 is 25.7 Å². The Morgan fingerprint density at radius 3 is 2.00 bits per heavy atom. The third kappa shape index (κ3) is 6.36. The lowest BCUT2D eigenvalue weighted by atomic mass is 10.5. The summed E-state index contributed by atoms with van der Waals surface area (Å²) in [4.78, 5) is 0. The fourth-order valence-electron chi connectivity index (χ4n) is 2.11. The van der Waals surface area contributed by atoms with Gasteiger partial charge in [0.05, 0.1) is 13.6 Å². The van der Waals surface area contributed by atoms with Gasteiger partial charge in [0.15, 0.2) is 0 Å². The molecule has 0 bridgehead atoms. The van der Waals surface area contributed by atoms with Crippen molar-refractivity contribution in [1.82, 2.24) is 4.57 Å². The normalized spacial score (nSPS) is 11.4. The molecule has 0 spiro atoms. The van der Waals surface area contributed by atoms with E-state index in [1.807, 2.05) is 38.6 Å². The van der Waals surface area contributed by atoms with Gasteiger partial charge in [0.1, 0.15) is 12.4 Å². The van der Waals surface area contributed by atoms with E-state index in [1.165, 1.54) is 0 Å². The number of aryl methyl sites for hydroxylation is 2. The van der Waals surface area contributed by atoms with Crippen molar-refractivity contribution in [1.29, 1.82) is 0 Å². The molecule has 1 aromatic heterocycles. The Balaban J connectivity index is 0.00000361. The minimum absolute atomic E-state index is 0. The Labute approximate surface area is 129 Å². The molecule has 1 rings (SSSR count). The van der Waals surface area contributed by atoms with E-state index < -0.39 is 8.80 Å². The molecule has 0 amide bonds. The van der Waals surface area contributed by atoms with Crippen LogP contribution in [0.3, 0.4) is 0 Å². The molecular weight excluding hydrogens is 296 g/mol. The second kappa shape index (κ2) is 10.3. The zero-order chi connectivity index (χ0) is 14.1. The van der Waals surface area contributed by atoms with Gasteiger partial charge in [-0.25, -0.2) is 9.13 Å². The van der Waals surface area contributed by atoms with Crippen molar-refractivity contribution in [3.63, 3.8) is 0 Å². The second-order valence-electron chi connectivity index (χ2n) is 4.40. The summed E-state index contributed by atoms with van der Waals surface area (Å²) in [6.07, 6.45) is 7.19. The van der Waals surface area contributed by atoms with Crippen LogP contribution in [0, 0.1) is 0 Å². The Bertz CT molecular complexity index is 346. The third-order valence-electron chi connectivity index (χ3n) is 2.82. The monoisotopic (exact) mass is 322 g/mol. The molecule has 0 fully saturated rings. The number of nitrogens with zero attached hydrogens (tertiary/aromatic N) is 2. The molecule has 0 unspecified atom stereocenters. The van der Waals surface area contributed by atoms with Crippen LogP contribution in [0.1, 0.15) is 27.2 Å². The maximum absolute atomic E-state index is 5.83. The lowest BCUT2D eigenvalue weighted by Gasteiger charge is -2.28. The van der Waals surface area contributed by atoms with Crippen LogP contribution in [0.5, 0.6) is 0 Å². The first-order valence-corrected chi connectivity index (χ1v) is 9.01. The molecule has 20 heavy (non-hydrogen) atoms. The Hall–Kier alpha value is -0.403. The summed E-state index contributed by atoms with van der Waals surface area (Å²) in [7, 11) is -0.439. The predicted octanol–water partition coefficient (Wildman–Crippen LogP) is -1.24. The van der Waals surface area contributed by atoms with Gasteiger partial charge in [0.2, 0.25) is 6.33 Å². The van der Waals surface area contributed by atoms with Crippen molar-refractivity contribution in [2.45, 2.75) is 39.8 Å². The SMILES string of the molecule is CCO[Si](CCC[n+]1ccn(C)c1)(OCC)OCC.[Cl-]. The molecule has 0 aromatic carbocycles. The summed E-state index contributed by atoms with van der Waals surface area (Å²) in [6.45, 7) is 8.87. The van der Waals surface area contributed by atoms with E-state index >= 15 is 0 Å². The maximum Gasteiger partial charge on any atom is 0.501 e. The molecule has 118 valence electrons. The van der Waals surface area contributed by atoms with Crippen molar-refractivity contribution in [3.05, 3.63) is 18.7 Å². The largest absolute Gasteiger partial charge is 1.00 e. The van der Waals surface area contributed by atoms with Crippen molar-refractivity contribution < 1.29 is 30.3 Å². The fourth-order valence-corrected chi connectivity index (χ4v) is 4.71. The zero-order valence-corrected chi connectivity index (χ0v) is 14.7. The van der Waals surface area contributed by atoms with Gasteiger partial charge in [0.25, 0.3) is 0 Å². The predicted molar refractivity (Wildman–Crippen MR) is 75.7 cm³/mol.